The predicted molar refractivity (Wildman–Crippen MR) is 93.3 cm³/mol. The Balaban J connectivity index is 2.12. The molecule has 1 atom stereocenters. The number of amides is 1. The van der Waals surface area contributed by atoms with E-state index in [0.29, 0.717) is 13.1 Å². The van der Waals surface area contributed by atoms with Gasteiger partial charge >= 0.3 is 0 Å². The largest absolute Gasteiger partial charge is 0.395 e. The Hall–Kier alpha value is -1.39. The summed E-state index contributed by atoms with van der Waals surface area (Å²) in [6.45, 7) is 7.09. The summed E-state index contributed by atoms with van der Waals surface area (Å²) < 4.78 is 0. The Morgan fingerprint density at radius 1 is 1.39 bits per heavy atom. The summed E-state index contributed by atoms with van der Waals surface area (Å²) in [6, 6.07) is 8.71. The highest BCUT2D eigenvalue weighted by molar-refractivity contribution is 5.78. The number of aliphatic hydroxyl groups excluding tert-OH is 1. The molecule has 0 heterocycles. The number of fused-ring (bicyclic) bond motifs is 1. The number of hydrogen-bond acceptors (Lipinski definition) is 3. The first-order chi connectivity index (χ1) is 11.0. The molecule has 0 bridgehead atoms. The van der Waals surface area contributed by atoms with Gasteiger partial charge in [0, 0.05) is 18.1 Å². The highest BCUT2D eigenvalue weighted by Crippen LogP contribution is 2.33. The number of nitrogens with zero attached hydrogens (tertiary/aromatic N) is 1. The van der Waals surface area contributed by atoms with Crippen molar-refractivity contribution >= 4 is 5.91 Å². The van der Waals surface area contributed by atoms with E-state index in [-0.39, 0.29) is 24.1 Å². The second-order valence-electron chi connectivity index (χ2n) is 7.09. The Morgan fingerprint density at radius 3 is 2.83 bits per heavy atom. The zero-order valence-corrected chi connectivity index (χ0v) is 14.6. The quantitative estimate of drug-likeness (QED) is 0.813. The third-order valence-electron chi connectivity index (χ3n) is 4.87. The van der Waals surface area contributed by atoms with E-state index in [0.717, 1.165) is 25.7 Å². The van der Waals surface area contributed by atoms with Crippen molar-refractivity contribution in [2.24, 2.45) is 0 Å². The van der Waals surface area contributed by atoms with E-state index in [4.69, 9.17) is 0 Å². The second kappa shape index (κ2) is 7.93. The van der Waals surface area contributed by atoms with E-state index in [1.54, 1.807) is 0 Å². The number of hydrogen-bond donors (Lipinski definition) is 2. The normalized spacial score (nSPS) is 17.9. The minimum atomic E-state index is -0.188. The maximum Gasteiger partial charge on any atom is 0.234 e. The van der Waals surface area contributed by atoms with Gasteiger partial charge in [-0.25, -0.2) is 0 Å². The molecule has 1 aliphatic rings. The zero-order valence-electron chi connectivity index (χ0n) is 14.6. The molecule has 1 aromatic rings. The van der Waals surface area contributed by atoms with E-state index in [1.165, 1.54) is 11.1 Å². The molecule has 1 aliphatic carbocycles. The molecule has 1 unspecified atom stereocenters. The van der Waals surface area contributed by atoms with Gasteiger partial charge in [-0.3, -0.25) is 9.69 Å². The number of nitrogens with one attached hydrogen (secondary N) is 1. The van der Waals surface area contributed by atoms with E-state index in [2.05, 4.69) is 41.4 Å². The van der Waals surface area contributed by atoms with Crippen molar-refractivity contribution in [2.45, 2.75) is 58.0 Å². The van der Waals surface area contributed by atoms with Crippen LogP contribution in [-0.2, 0) is 11.2 Å². The smallest absolute Gasteiger partial charge is 0.234 e. The molecule has 1 aromatic carbocycles. The summed E-state index contributed by atoms with van der Waals surface area (Å²) in [7, 11) is 0. The van der Waals surface area contributed by atoms with Gasteiger partial charge in [-0.1, -0.05) is 31.2 Å². The monoisotopic (exact) mass is 318 g/mol. The van der Waals surface area contributed by atoms with E-state index in [9.17, 15) is 9.90 Å². The molecule has 0 fully saturated rings. The van der Waals surface area contributed by atoms with Crippen molar-refractivity contribution in [1.82, 2.24) is 10.2 Å². The van der Waals surface area contributed by atoms with Crippen molar-refractivity contribution in [3.8, 4) is 0 Å². The minimum Gasteiger partial charge on any atom is -0.395 e. The lowest BCUT2D eigenvalue weighted by Gasteiger charge is -2.36. The second-order valence-corrected chi connectivity index (χ2v) is 7.09. The molecule has 2 N–H and O–H groups in total. The zero-order chi connectivity index (χ0) is 16.9. The molecule has 128 valence electrons. The molecule has 0 radical (unpaired) electrons. The van der Waals surface area contributed by atoms with Gasteiger partial charge in [0.1, 0.15) is 0 Å². The topological polar surface area (TPSA) is 52.6 Å². The number of carbonyl (C=O) groups is 1. The Kier molecular flexibility index (Phi) is 6.19. The van der Waals surface area contributed by atoms with Gasteiger partial charge in [-0.2, -0.15) is 0 Å². The Labute approximate surface area is 139 Å². The van der Waals surface area contributed by atoms with Crippen LogP contribution in [0.1, 0.15) is 57.2 Å². The summed E-state index contributed by atoms with van der Waals surface area (Å²) in [4.78, 5) is 14.5. The van der Waals surface area contributed by atoms with Crippen LogP contribution >= 0.6 is 0 Å². The lowest BCUT2D eigenvalue weighted by Crippen LogP contribution is -2.48. The van der Waals surface area contributed by atoms with Crippen LogP contribution in [0.25, 0.3) is 0 Å². The first-order valence-electron chi connectivity index (χ1n) is 8.70. The molecule has 0 aliphatic heterocycles. The number of aryl methyl sites for hydroxylation is 1. The first kappa shape index (κ1) is 18.0. The summed E-state index contributed by atoms with van der Waals surface area (Å²) in [5.41, 5.74) is 2.50. The van der Waals surface area contributed by atoms with Gasteiger partial charge in [0.15, 0.2) is 0 Å². The van der Waals surface area contributed by atoms with Gasteiger partial charge in [-0.15, -0.1) is 0 Å². The van der Waals surface area contributed by atoms with Crippen LogP contribution in [0, 0.1) is 0 Å². The van der Waals surface area contributed by atoms with Crippen LogP contribution in [0.15, 0.2) is 24.3 Å². The highest BCUT2D eigenvalue weighted by Gasteiger charge is 2.28. The van der Waals surface area contributed by atoms with Crippen LogP contribution in [0.2, 0.25) is 0 Å². The highest BCUT2D eigenvalue weighted by atomic mass is 16.3. The predicted octanol–water partition coefficient (Wildman–Crippen LogP) is 2.66. The average Bonchev–Trinajstić information content (AvgIpc) is 2.53. The van der Waals surface area contributed by atoms with Gasteiger partial charge in [0.2, 0.25) is 5.91 Å². The minimum absolute atomic E-state index is 0.0355. The molecule has 0 aromatic heterocycles. The van der Waals surface area contributed by atoms with Crippen LogP contribution in [0.4, 0.5) is 0 Å². The van der Waals surface area contributed by atoms with Crippen molar-refractivity contribution in [2.75, 3.05) is 19.7 Å². The summed E-state index contributed by atoms with van der Waals surface area (Å²) in [5, 5.41) is 12.5. The van der Waals surface area contributed by atoms with Crippen molar-refractivity contribution in [3.63, 3.8) is 0 Å². The number of aliphatic hydroxyl groups is 1. The fraction of sp³-hybridized carbons (Fsp3) is 0.632. The first-order valence-corrected chi connectivity index (χ1v) is 8.70. The summed E-state index contributed by atoms with van der Waals surface area (Å²) in [5.74, 6) is 0.0355. The standard InChI is InChI=1S/C19H30N2O2/c1-4-19(2,3)20-18(23)14-21(12-13-22)17-11-7-9-15-8-5-6-10-16(15)17/h5-6,8,10,17,22H,4,7,9,11-14H2,1-3H3,(H,20,23). The van der Waals surface area contributed by atoms with Crippen molar-refractivity contribution in [1.29, 1.82) is 0 Å². The fourth-order valence-electron chi connectivity index (χ4n) is 3.27. The van der Waals surface area contributed by atoms with Gasteiger partial charge < -0.3 is 10.4 Å². The van der Waals surface area contributed by atoms with Crippen LogP contribution in [-0.4, -0.2) is 41.1 Å². The molecule has 0 spiro atoms. The molecule has 2 rings (SSSR count). The molecule has 1 amide bonds. The molecule has 0 saturated carbocycles. The fourth-order valence-corrected chi connectivity index (χ4v) is 3.27. The lowest BCUT2D eigenvalue weighted by molar-refractivity contribution is -0.124. The molecular weight excluding hydrogens is 288 g/mol. The maximum atomic E-state index is 12.4. The Bertz CT molecular complexity index is 528. The van der Waals surface area contributed by atoms with E-state index < -0.39 is 0 Å². The average molecular weight is 318 g/mol. The van der Waals surface area contributed by atoms with Crippen LogP contribution in [0.5, 0.6) is 0 Å². The van der Waals surface area contributed by atoms with Gasteiger partial charge in [-0.05, 0) is 50.7 Å². The molecule has 0 saturated heterocycles. The third kappa shape index (κ3) is 4.79. The number of carbonyl (C=O) groups excluding carboxylic acids is 1. The maximum absolute atomic E-state index is 12.4. The molecular formula is C19H30N2O2. The van der Waals surface area contributed by atoms with E-state index in [1.807, 2.05) is 13.8 Å². The molecule has 23 heavy (non-hydrogen) atoms. The SMILES string of the molecule is CCC(C)(C)NC(=O)CN(CCO)C1CCCc2ccccc21. The Morgan fingerprint density at radius 2 is 2.13 bits per heavy atom. The van der Waals surface area contributed by atoms with E-state index >= 15 is 0 Å². The number of rotatable bonds is 7. The van der Waals surface area contributed by atoms with Crippen molar-refractivity contribution in [3.05, 3.63) is 35.4 Å². The number of benzene rings is 1. The third-order valence-corrected chi connectivity index (χ3v) is 4.87. The van der Waals surface area contributed by atoms with Crippen LogP contribution in [0.3, 0.4) is 0 Å². The molecule has 4 heteroatoms. The van der Waals surface area contributed by atoms with Gasteiger partial charge in [0.05, 0.1) is 13.2 Å². The van der Waals surface area contributed by atoms with Crippen molar-refractivity contribution < 1.29 is 9.90 Å². The summed E-state index contributed by atoms with van der Waals surface area (Å²) in [6.07, 6.45) is 4.17. The summed E-state index contributed by atoms with van der Waals surface area (Å²) >= 11 is 0. The molecule has 4 nitrogen and oxygen atoms in total. The lowest BCUT2D eigenvalue weighted by atomic mass is 9.86. The van der Waals surface area contributed by atoms with Gasteiger partial charge in [0.25, 0.3) is 0 Å². The van der Waals surface area contributed by atoms with Crippen LogP contribution < -0.4 is 5.32 Å².